The van der Waals surface area contributed by atoms with Crippen LogP contribution in [0.15, 0.2) is 30.3 Å². The van der Waals surface area contributed by atoms with Crippen LogP contribution in [0.4, 0.5) is 0 Å². The lowest BCUT2D eigenvalue weighted by atomic mass is 9.99. The number of amides is 1. The molecule has 19 heavy (non-hydrogen) atoms. The summed E-state index contributed by atoms with van der Waals surface area (Å²) in [4.78, 5) is 22.6. The first-order chi connectivity index (χ1) is 8.80. The summed E-state index contributed by atoms with van der Waals surface area (Å²) in [6.45, 7) is 3.23. The van der Waals surface area contributed by atoms with Gasteiger partial charge in [-0.2, -0.15) is 0 Å². The largest absolute Gasteiger partial charge is 0.481 e. The molecule has 1 unspecified atom stereocenters. The smallest absolute Gasteiger partial charge is 0.303 e. The molecule has 0 aliphatic heterocycles. The fraction of sp³-hybridized carbons (Fsp3) is 0.429. The van der Waals surface area contributed by atoms with Crippen molar-refractivity contribution in [1.82, 2.24) is 5.32 Å². The van der Waals surface area contributed by atoms with Crippen LogP contribution in [0.5, 0.6) is 0 Å². The summed E-state index contributed by atoms with van der Waals surface area (Å²) in [5, 5.41) is 11.6. The van der Waals surface area contributed by atoms with E-state index in [4.69, 9.17) is 10.8 Å². The maximum absolute atomic E-state index is 11.9. The Balaban J connectivity index is 2.81. The molecular formula is C14H20N2O3. The van der Waals surface area contributed by atoms with Gasteiger partial charge >= 0.3 is 5.97 Å². The molecule has 0 heterocycles. The Kier molecular flexibility index (Phi) is 5.06. The first-order valence-corrected chi connectivity index (χ1v) is 6.17. The van der Waals surface area contributed by atoms with E-state index in [-0.39, 0.29) is 18.4 Å². The minimum Gasteiger partial charge on any atom is -0.481 e. The number of hydrogen-bond donors (Lipinski definition) is 3. The highest BCUT2D eigenvalue weighted by Gasteiger charge is 2.25. The van der Waals surface area contributed by atoms with Gasteiger partial charge in [0.05, 0.1) is 11.6 Å². The SMILES string of the molecule is CC(C)(N)C(=O)NC(CCC(=O)O)c1ccccc1. The molecule has 1 aromatic rings. The van der Waals surface area contributed by atoms with Crippen LogP contribution in [-0.4, -0.2) is 22.5 Å². The third kappa shape index (κ3) is 5.09. The highest BCUT2D eigenvalue weighted by atomic mass is 16.4. The van der Waals surface area contributed by atoms with Crippen LogP contribution in [0.1, 0.15) is 38.3 Å². The first-order valence-electron chi connectivity index (χ1n) is 6.17. The molecule has 0 radical (unpaired) electrons. The van der Waals surface area contributed by atoms with Crippen molar-refractivity contribution in [1.29, 1.82) is 0 Å². The van der Waals surface area contributed by atoms with Gasteiger partial charge in [0.2, 0.25) is 5.91 Å². The summed E-state index contributed by atoms with van der Waals surface area (Å²) in [5.74, 6) is -1.19. The molecule has 1 amide bonds. The zero-order valence-corrected chi connectivity index (χ0v) is 11.2. The van der Waals surface area contributed by atoms with E-state index in [1.54, 1.807) is 13.8 Å². The number of rotatable bonds is 6. The monoisotopic (exact) mass is 264 g/mol. The highest BCUT2D eigenvalue weighted by Crippen LogP contribution is 2.19. The fourth-order valence-electron chi connectivity index (χ4n) is 1.62. The van der Waals surface area contributed by atoms with Crippen LogP contribution < -0.4 is 11.1 Å². The molecule has 104 valence electrons. The second-order valence-corrected chi connectivity index (χ2v) is 5.09. The Labute approximate surface area is 112 Å². The van der Waals surface area contributed by atoms with E-state index in [1.807, 2.05) is 30.3 Å². The summed E-state index contributed by atoms with van der Waals surface area (Å²) in [5.41, 5.74) is 5.62. The zero-order chi connectivity index (χ0) is 14.5. The number of nitrogens with one attached hydrogen (secondary N) is 1. The average Bonchev–Trinajstić information content (AvgIpc) is 2.33. The van der Waals surface area contributed by atoms with Crippen molar-refractivity contribution in [2.75, 3.05) is 0 Å². The molecule has 1 aromatic carbocycles. The number of carbonyl (C=O) groups excluding carboxylic acids is 1. The van der Waals surface area contributed by atoms with Gasteiger partial charge in [0, 0.05) is 6.42 Å². The Morgan fingerprint density at radius 1 is 1.32 bits per heavy atom. The van der Waals surface area contributed by atoms with Crippen molar-refractivity contribution in [3.8, 4) is 0 Å². The number of carboxylic acid groups (broad SMARTS) is 1. The standard InChI is InChI=1S/C14H20N2O3/c1-14(2,15)13(19)16-11(8-9-12(17)18)10-6-4-3-5-7-10/h3-7,11H,8-9,15H2,1-2H3,(H,16,19)(H,17,18). The molecule has 0 aromatic heterocycles. The van der Waals surface area contributed by atoms with Crippen molar-refractivity contribution >= 4 is 11.9 Å². The molecule has 0 saturated carbocycles. The topological polar surface area (TPSA) is 92.4 Å². The molecule has 0 fully saturated rings. The summed E-state index contributed by atoms with van der Waals surface area (Å²) in [7, 11) is 0. The normalized spacial score (nSPS) is 12.8. The Hall–Kier alpha value is -1.88. The zero-order valence-electron chi connectivity index (χ0n) is 11.2. The van der Waals surface area contributed by atoms with E-state index in [0.29, 0.717) is 6.42 Å². The van der Waals surface area contributed by atoms with Crippen molar-refractivity contribution in [3.05, 3.63) is 35.9 Å². The lowest BCUT2D eigenvalue weighted by Gasteiger charge is -2.24. The summed E-state index contributed by atoms with van der Waals surface area (Å²) >= 11 is 0. The third-order valence-electron chi connectivity index (χ3n) is 2.74. The van der Waals surface area contributed by atoms with Crippen LogP contribution in [0.2, 0.25) is 0 Å². The van der Waals surface area contributed by atoms with Crippen LogP contribution in [0.25, 0.3) is 0 Å². The first kappa shape index (κ1) is 15.2. The van der Waals surface area contributed by atoms with Crippen molar-refractivity contribution in [2.45, 2.75) is 38.3 Å². The quantitative estimate of drug-likeness (QED) is 0.725. The van der Waals surface area contributed by atoms with Crippen molar-refractivity contribution < 1.29 is 14.7 Å². The minimum atomic E-state index is -0.990. The molecule has 0 aliphatic rings. The van der Waals surface area contributed by atoms with Gasteiger partial charge in [-0.25, -0.2) is 0 Å². The van der Waals surface area contributed by atoms with Crippen LogP contribution in [0.3, 0.4) is 0 Å². The van der Waals surface area contributed by atoms with Crippen LogP contribution in [0, 0.1) is 0 Å². The Morgan fingerprint density at radius 2 is 1.89 bits per heavy atom. The van der Waals surface area contributed by atoms with E-state index in [2.05, 4.69) is 5.32 Å². The van der Waals surface area contributed by atoms with Gasteiger partial charge in [-0.05, 0) is 25.8 Å². The van der Waals surface area contributed by atoms with Gasteiger partial charge in [-0.15, -0.1) is 0 Å². The number of nitrogens with two attached hydrogens (primary N) is 1. The van der Waals surface area contributed by atoms with Crippen molar-refractivity contribution in [3.63, 3.8) is 0 Å². The lowest BCUT2D eigenvalue weighted by Crippen LogP contribution is -2.50. The van der Waals surface area contributed by atoms with E-state index < -0.39 is 11.5 Å². The van der Waals surface area contributed by atoms with E-state index in [0.717, 1.165) is 5.56 Å². The molecule has 0 bridgehead atoms. The van der Waals surface area contributed by atoms with E-state index in [1.165, 1.54) is 0 Å². The maximum atomic E-state index is 11.9. The number of hydrogen-bond acceptors (Lipinski definition) is 3. The van der Waals surface area contributed by atoms with E-state index >= 15 is 0 Å². The van der Waals surface area contributed by atoms with Gasteiger partial charge in [-0.3, -0.25) is 9.59 Å². The highest BCUT2D eigenvalue weighted by molar-refractivity contribution is 5.85. The second-order valence-electron chi connectivity index (χ2n) is 5.09. The molecule has 0 saturated heterocycles. The lowest BCUT2D eigenvalue weighted by molar-refractivity contribution is -0.137. The van der Waals surface area contributed by atoms with Gasteiger partial charge in [-0.1, -0.05) is 30.3 Å². The van der Waals surface area contributed by atoms with Gasteiger partial charge in [0.15, 0.2) is 0 Å². The third-order valence-corrected chi connectivity index (χ3v) is 2.74. The molecule has 4 N–H and O–H groups in total. The second kappa shape index (κ2) is 6.33. The molecule has 5 nitrogen and oxygen atoms in total. The van der Waals surface area contributed by atoms with Gasteiger partial charge in [0.25, 0.3) is 0 Å². The van der Waals surface area contributed by atoms with E-state index in [9.17, 15) is 9.59 Å². The minimum absolute atomic E-state index is 0.00909. The Bertz CT molecular complexity index is 438. The van der Waals surface area contributed by atoms with Gasteiger partial charge in [0.1, 0.15) is 0 Å². The van der Waals surface area contributed by atoms with Crippen molar-refractivity contribution in [2.24, 2.45) is 5.73 Å². The molecule has 1 rings (SSSR count). The molecular weight excluding hydrogens is 244 g/mol. The summed E-state index contributed by atoms with van der Waals surface area (Å²) in [6.07, 6.45) is 0.325. The number of benzene rings is 1. The molecule has 5 heteroatoms. The molecule has 0 spiro atoms. The molecule has 0 aliphatic carbocycles. The Morgan fingerprint density at radius 3 is 2.37 bits per heavy atom. The summed E-state index contributed by atoms with van der Waals surface area (Å²) in [6, 6.07) is 8.94. The van der Waals surface area contributed by atoms with Crippen LogP contribution >= 0.6 is 0 Å². The summed E-state index contributed by atoms with van der Waals surface area (Å²) < 4.78 is 0. The van der Waals surface area contributed by atoms with Gasteiger partial charge < -0.3 is 16.2 Å². The average molecular weight is 264 g/mol. The predicted octanol–water partition coefficient (Wildman–Crippen LogP) is 1.45. The fourth-order valence-corrected chi connectivity index (χ4v) is 1.62. The maximum Gasteiger partial charge on any atom is 0.303 e. The molecule has 1 atom stereocenters. The number of carbonyl (C=O) groups is 2. The predicted molar refractivity (Wildman–Crippen MR) is 72.5 cm³/mol. The number of aliphatic carboxylic acids is 1. The number of carboxylic acids is 1. The van der Waals surface area contributed by atoms with Crippen LogP contribution in [-0.2, 0) is 9.59 Å².